The van der Waals surface area contributed by atoms with E-state index in [0.29, 0.717) is 19.5 Å². The third-order valence-electron chi connectivity index (χ3n) is 5.42. The van der Waals surface area contributed by atoms with Crippen LogP contribution in [0, 0.1) is 0 Å². The fourth-order valence-electron chi connectivity index (χ4n) is 4.00. The minimum Gasteiger partial charge on any atom is -0.472 e. The van der Waals surface area contributed by atoms with Gasteiger partial charge in [0.2, 0.25) is 11.8 Å². The van der Waals surface area contributed by atoms with Crippen molar-refractivity contribution in [2.45, 2.75) is 45.1 Å². The molecule has 1 aromatic heterocycles. The van der Waals surface area contributed by atoms with Gasteiger partial charge in [-0.15, -0.1) is 0 Å². The Morgan fingerprint density at radius 2 is 1.96 bits per heavy atom. The van der Waals surface area contributed by atoms with E-state index in [9.17, 15) is 9.59 Å². The molecule has 2 aromatic rings. The number of furan rings is 1. The van der Waals surface area contributed by atoms with Crippen molar-refractivity contribution in [2.24, 2.45) is 0 Å². The average molecular weight is 383 g/mol. The first-order valence-electron chi connectivity index (χ1n) is 9.75. The van der Waals surface area contributed by atoms with Crippen molar-refractivity contribution in [3.63, 3.8) is 0 Å². The Hall–Kier alpha value is -2.60. The van der Waals surface area contributed by atoms with Crippen molar-refractivity contribution < 1.29 is 14.0 Å². The number of anilines is 1. The van der Waals surface area contributed by atoms with Gasteiger partial charge in [-0.3, -0.25) is 9.59 Å². The van der Waals surface area contributed by atoms with E-state index in [1.807, 2.05) is 69.2 Å². The van der Waals surface area contributed by atoms with Gasteiger partial charge >= 0.3 is 0 Å². The van der Waals surface area contributed by atoms with Gasteiger partial charge < -0.3 is 9.32 Å². The standard InChI is InChI=1S/C22H29N3O3/c1-5-24-22(2,3)14-21(27)25(24)20(26)13-18(17-11-12-28-16-17)15-23(4)19-9-7-6-8-10-19/h6-12,16,18H,5,13-15H2,1-4H3/t18-/m0/s1. The van der Waals surface area contributed by atoms with Gasteiger partial charge in [-0.05, 0) is 37.6 Å². The molecule has 0 saturated carbocycles. The fourth-order valence-corrected chi connectivity index (χ4v) is 4.00. The van der Waals surface area contributed by atoms with Crippen LogP contribution in [0.2, 0.25) is 0 Å². The van der Waals surface area contributed by atoms with E-state index in [-0.39, 0.29) is 29.7 Å². The van der Waals surface area contributed by atoms with Crippen molar-refractivity contribution in [1.29, 1.82) is 0 Å². The highest BCUT2D eigenvalue weighted by Crippen LogP contribution is 2.32. The number of hydrogen-bond donors (Lipinski definition) is 0. The lowest BCUT2D eigenvalue weighted by molar-refractivity contribution is -0.159. The number of imide groups is 1. The molecular formula is C22H29N3O3. The molecule has 2 amide bonds. The van der Waals surface area contributed by atoms with Crippen LogP contribution in [0.3, 0.4) is 0 Å². The monoisotopic (exact) mass is 383 g/mol. The molecule has 0 N–H and O–H groups in total. The van der Waals surface area contributed by atoms with Gasteiger partial charge in [0.15, 0.2) is 0 Å². The molecule has 0 spiro atoms. The number of benzene rings is 1. The SMILES string of the molecule is CCN1N(C(=O)C[C@@H](CN(C)c2ccccc2)c2ccoc2)C(=O)CC1(C)C. The summed E-state index contributed by atoms with van der Waals surface area (Å²) in [6.07, 6.45) is 3.91. The number of amides is 2. The Balaban J connectivity index is 1.78. The highest BCUT2D eigenvalue weighted by molar-refractivity contribution is 5.97. The quantitative estimate of drug-likeness (QED) is 0.730. The van der Waals surface area contributed by atoms with Crippen LogP contribution < -0.4 is 4.90 Å². The summed E-state index contributed by atoms with van der Waals surface area (Å²) in [6.45, 7) is 7.23. The fraction of sp³-hybridized carbons (Fsp3) is 0.455. The van der Waals surface area contributed by atoms with Gasteiger partial charge in [0, 0.05) is 50.1 Å². The Labute approximate surface area is 166 Å². The first-order valence-corrected chi connectivity index (χ1v) is 9.75. The van der Waals surface area contributed by atoms with Crippen LogP contribution in [-0.4, -0.2) is 47.5 Å². The maximum Gasteiger partial charge on any atom is 0.245 e. The summed E-state index contributed by atoms with van der Waals surface area (Å²) in [7, 11) is 2.01. The molecule has 6 nitrogen and oxygen atoms in total. The lowest BCUT2D eigenvalue weighted by Crippen LogP contribution is -2.50. The molecule has 1 aromatic carbocycles. The second-order valence-electron chi connectivity index (χ2n) is 7.98. The average Bonchev–Trinajstić information content (AvgIpc) is 3.27. The zero-order valence-corrected chi connectivity index (χ0v) is 17.1. The van der Waals surface area contributed by atoms with E-state index in [0.717, 1.165) is 11.3 Å². The Bertz CT molecular complexity index is 802. The summed E-state index contributed by atoms with van der Waals surface area (Å²) in [5.74, 6) is -0.365. The Kier molecular flexibility index (Phi) is 5.89. The molecule has 1 fully saturated rings. The smallest absolute Gasteiger partial charge is 0.245 e. The highest BCUT2D eigenvalue weighted by atomic mass is 16.3. The minimum atomic E-state index is -0.340. The summed E-state index contributed by atoms with van der Waals surface area (Å²) in [5.41, 5.74) is 1.70. The van der Waals surface area contributed by atoms with E-state index in [1.54, 1.807) is 12.5 Å². The predicted molar refractivity (Wildman–Crippen MR) is 109 cm³/mol. The molecule has 0 aliphatic carbocycles. The predicted octanol–water partition coefficient (Wildman–Crippen LogP) is 3.66. The third-order valence-corrected chi connectivity index (χ3v) is 5.42. The van der Waals surface area contributed by atoms with E-state index < -0.39 is 0 Å². The summed E-state index contributed by atoms with van der Waals surface area (Å²) < 4.78 is 5.27. The Morgan fingerprint density at radius 3 is 2.57 bits per heavy atom. The molecule has 1 atom stereocenters. The van der Waals surface area contributed by atoms with Gasteiger partial charge in [0.05, 0.1) is 12.5 Å². The second-order valence-corrected chi connectivity index (χ2v) is 7.98. The summed E-state index contributed by atoms with van der Waals surface area (Å²) in [4.78, 5) is 27.8. The highest BCUT2D eigenvalue weighted by Gasteiger charge is 2.46. The summed E-state index contributed by atoms with van der Waals surface area (Å²) >= 11 is 0. The lowest BCUT2D eigenvalue weighted by Gasteiger charge is -2.35. The normalized spacial score (nSPS) is 17.7. The molecule has 3 rings (SSSR count). The first kappa shape index (κ1) is 20.1. The van der Waals surface area contributed by atoms with Crippen molar-refractivity contribution in [2.75, 3.05) is 25.0 Å². The van der Waals surface area contributed by atoms with Crippen LogP contribution in [0.25, 0.3) is 0 Å². The number of nitrogens with zero attached hydrogens (tertiary/aromatic N) is 3. The molecule has 0 bridgehead atoms. The first-order chi connectivity index (χ1) is 13.3. The third kappa shape index (κ3) is 4.12. The topological polar surface area (TPSA) is 57.0 Å². The van der Waals surface area contributed by atoms with E-state index in [1.165, 1.54) is 5.01 Å². The molecule has 1 aliphatic rings. The summed E-state index contributed by atoms with van der Waals surface area (Å²) in [6, 6.07) is 11.9. The number of carbonyl (C=O) groups excluding carboxylic acids is 2. The van der Waals surface area contributed by atoms with Crippen LogP contribution in [0.15, 0.2) is 53.3 Å². The maximum absolute atomic E-state index is 13.2. The van der Waals surface area contributed by atoms with Crippen molar-refractivity contribution in [3.8, 4) is 0 Å². The number of likely N-dealkylation sites (N-methyl/N-ethyl adjacent to an activating group) is 1. The van der Waals surface area contributed by atoms with Gasteiger partial charge in [-0.1, -0.05) is 25.1 Å². The molecule has 1 aliphatic heterocycles. The van der Waals surface area contributed by atoms with Crippen LogP contribution in [0.5, 0.6) is 0 Å². The molecule has 28 heavy (non-hydrogen) atoms. The summed E-state index contributed by atoms with van der Waals surface area (Å²) in [5, 5.41) is 3.24. The number of hydrogen-bond acceptors (Lipinski definition) is 5. The van der Waals surface area contributed by atoms with E-state index in [4.69, 9.17) is 4.42 Å². The molecule has 150 valence electrons. The molecule has 0 radical (unpaired) electrons. The zero-order valence-electron chi connectivity index (χ0n) is 17.1. The van der Waals surface area contributed by atoms with Crippen LogP contribution in [-0.2, 0) is 9.59 Å². The molecule has 1 saturated heterocycles. The largest absolute Gasteiger partial charge is 0.472 e. The van der Waals surface area contributed by atoms with Gasteiger partial charge in [0.1, 0.15) is 0 Å². The van der Waals surface area contributed by atoms with Crippen molar-refractivity contribution in [3.05, 3.63) is 54.5 Å². The molecule has 2 heterocycles. The van der Waals surface area contributed by atoms with Gasteiger partial charge in [-0.2, -0.15) is 0 Å². The second kappa shape index (κ2) is 8.19. The number of rotatable bonds is 7. The van der Waals surface area contributed by atoms with E-state index in [2.05, 4.69) is 4.90 Å². The zero-order chi connectivity index (χ0) is 20.3. The van der Waals surface area contributed by atoms with E-state index >= 15 is 0 Å². The number of para-hydroxylation sites is 1. The lowest BCUT2D eigenvalue weighted by atomic mass is 9.97. The molecular weight excluding hydrogens is 354 g/mol. The van der Waals surface area contributed by atoms with Crippen molar-refractivity contribution in [1.82, 2.24) is 10.0 Å². The minimum absolute atomic E-state index is 0.0772. The van der Waals surface area contributed by atoms with Crippen molar-refractivity contribution >= 4 is 17.5 Å². The number of carbonyl (C=O) groups is 2. The molecule has 0 unspecified atom stereocenters. The van der Waals surface area contributed by atoms with Crippen LogP contribution in [0.1, 0.15) is 45.1 Å². The number of hydrazine groups is 1. The van der Waals surface area contributed by atoms with Gasteiger partial charge in [0.25, 0.3) is 0 Å². The van der Waals surface area contributed by atoms with Gasteiger partial charge in [-0.25, -0.2) is 10.0 Å². The maximum atomic E-state index is 13.2. The van der Waals surface area contributed by atoms with Crippen LogP contribution in [0.4, 0.5) is 5.69 Å². The van der Waals surface area contributed by atoms with Crippen LogP contribution >= 0.6 is 0 Å². The Morgan fingerprint density at radius 1 is 1.25 bits per heavy atom. The molecule has 6 heteroatoms.